The molecule has 0 fully saturated rings. The molecule has 0 bridgehead atoms. The van der Waals surface area contributed by atoms with E-state index >= 15 is 0 Å². The molecule has 0 heterocycles. The average molecular weight is 354 g/mol. The van der Waals surface area contributed by atoms with Crippen molar-refractivity contribution in [2.45, 2.75) is 33.2 Å². The van der Waals surface area contributed by atoms with Crippen molar-refractivity contribution in [2.75, 3.05) is 0 Å². The lowest BCUT2D eigenvalue weighted by atomic mass is 9.85. The molecule has 0 aliphatic carbocycles. The van der Waals surface area contributed by atoms with Crippen LogP contribution in [0.1, 0.15) is 36.7 Å². The van der Waals surface area contributed by atoms with E-state index in [1.807, 2.05) is 0 Å². The Labute approximate surface area is 136 Å². The Balaban J connectivity index is 2.97. The fourth-order valence-electron chi connectivity index (χ4n) is 1.52. The highest BCUT2D eigenvalue weighted by molar-refractivity contribution is 6.39. The monoisotopic (exact) mass is 353 g/mol. The minimum atomic E-state index is -3.22. The summed E-state index contributed by atoms with van der Waals surface area (Å²) in [4.78, 5) is 23.0. The van der Waals surface area contributed by atoms with E-state index in [-0.39, 0.29) is 27.7 Å². The van der Waals surface area contributed by atoms with Crippen LogP contribution in [0.2, 0.25) is 10.0 Å². The third kappa shape index (κ3) is 3.67. The molecule has 2 N–H and O–H groups in total. The number of carboxylic acids is 1. The summed E-state index contributed by atoms with van der Waals surface area (Å²) in [5, 5.41) is 11.2. The van der Waals surface area contributed by atoms with E-state index in [1.165, 1.54) is 12.1 Å². The summed E-state index contributed by atoms with van der Waals surface area (Å²) in [5.41, 5.74) is -1.94. The zero-order valence-corrected chi connectivity index (χ0v) is 13.6. The van der Waals surface area contributed by atoms with E-state index in [0.29, 0.717) is 6.92 Å². The molecule has 1 aromatic rings. The first-order valence-corrected chi connectivity index (χ1v) is 7.01. The number of hydrogen-bond acceptors (Lipinski definition) is 2. The highest BCUT2D eigenvalue weighted by Crippen LogP contribution is 2.36. The second-order valence-corrected chi connectivity index (χ2v) is 6.18. The van der Waals surface area contributed by atoms with Gasteiger partial charge in [-0.3, -0.25) is 4.79 Å². The van der Waals surface area contributed by atoms with Gasteiger partial charge in [0.05, 0.1) is 15.6 Å². The van der Waals surface area contributed by atoms with Crippen LogP contribution >= 0.6 is 23.2 Å². The molecule has 122 valence electrons. The Hall–Kier alpha value is -1.40. The Morgan fingerprint density at radius 2 is 1.77 bits per heavy atom. The topological polar surface area (TPSA) is 66.4 Å². The fourth-order valence-corrected chi connectivity index (χ4v) is 2.12. The number of nitrogens with one attached hydrogen (secondary N) is 1. The number of hydrogen-bond donors (Lipinski definition) is 2. The van der Waals surface area contributed by atoms with Crippen LogP contribution in [-0.4, -0.2) is 22.9 Å². The van der Waals surface area contributed by atoms with Crippen molar-refractivity contribution in [3.05, 3.63) is 33.3 Å². The van der Waals surface area contributed by atoms with Gasteiger partial charge in [-0.2, -0.15) is 0 Å². The minimum absolute atomic E-state index is 0.0482. The molecule has 8 heteroatoms. The number of carbonyl (C=O) groups excluding carboxylic acids is 1. The van der Waals surface area contributed by atoms with Crippen LogP contribution in [0, 0.1) is 5.41 Å². The van der Waals surface area contributed by atoms with E-state index in [4.69, 9.17) is 28.3 Å². The van der Waals surface area contributed by atoms with Crippen LogP contribution in [0.15, 0.2) is 12.1 Å². The van der Waals surface area contributed by atoms with Crippen LogP contribution in [0.4, 0.5) is 8.78 Å². The summed E-state index contributed by atoms with van der Waals surface area (Å²) in [6.45, 7) is 2.71. The van der Waals surface area contributed by atoms with Gasteiger partial charge in [0.25, 0.3) is 5.92 Å². The number of carboxylic acid groups (broad SMARTS) is 1. The van der Waals surface area contributed by atoms with Crippen molar-refractivity contribution in [1.29, 1.82) is 0 Å². The number of rotatable bonds is 5. The first-order valence-electron chi connectivity index (χ1n) is 6.26. The molecule has 0 spiro atoms. The van der Waals surface area contributed by atoms with E-state index in [0.717, 1.165) is 13.8 Å². The molecule has 1 aromatic carbocycles. The van der Waals surface area contributed by atoms with Crippen molar-refractivity contribution in [3.63, 3.8) is 0 Å². The van der Waals surface area contributed by atoms with Crippen LogP contribution in [-0.2, 0) is 11.3 Å². The predicted octanol–water partition coefficient (Wildman–Crippen LogP) is 3.99. The number of amides is 1. The van der Waals surface area contributed by atoms with E-state index in [9.17, 15) is 18.4 Å². The van der Waals surface area contributed by atoms with Gasteiger partial charge in [-0.1, -0.05) is 29.3 Å². The van der Waals surface area contributed by atoms with Gasteiger partial charge in [-0.05, 0) is 25.5 Å². The number of carbonyl (C=O) groups is 2. The zero-order valence-electron chi connectivity index (χ0n) is 12.1. The summed E-state index contributed by atoms with van der Waals surface area (Å²) in [7, 11) is 0. The molecule has 0 saturated carbocycles. The highest BCUT2D eigenvalue weighted by atomic mass is 35.5. The zero-order chi connectivity index (χ0) is 17.3. The molecule has 22 heavy (non-hydrogen) atoms. The van der Waals surface area contributed by atoms with E-state index in [1.54, 1.807) is 0 Å². The third-order valence-electron chi connectivity index (χ3n) is 3.49. The summed E-state index contributed by atoms with van der Waals surface area (Å²) >= 11 is 11.7. The maximum absolute atomic E-state index is 13.4. The predicted molar refractivity (Wildman–Crippen MR) is 79.7 cm³/mol. The molecule has 0 aliphatic heterocycles. The summed E-state index contributed by atoms with van der Waals surface area (Å²) in [6.07, 6.45) is 0. The van der Waals surface area contributed by atoms with Crippen molar-refractivity contribution < 1.29 is 23.5 Å². The fraction of sp³-hybridized carbons (Fsp3) is 0.429. The van der Waals surface area contributed by atoms with Gasteiger partial charge >= 0.3 is 5.97 Å². The molecule has 1 rings (SSSR count). The van der Waals surface area contributed by atoms with Crippen LogP contribution in [0.5, 0.6) is 0 Å². The molecule has 0 unspecified atom stereocenters. The van der Waals surface area contributed by atoms with Crippen molar-refractivity contribution in [3.8, 4) is 0 Å². The van der Waals surface area contributed by atoms with Gasteiger partial charge < -0.3 is 10.4 Å². The maximum Gasteiger partial charge on any atom is 0.338 e. The van der Waals surface area contributed by atoms with Gasteiger partial charge in [0, 0.05) is 13.5 Å². The largest absolute Gasteiger partial charge is 0.478 e. The first kappa shape index (κ1) is 18.6. The number of benzene rings is 1. The lowest BCUT2D eigenvalue weighted by molar-refractivity contribution is -0.151. The van der Waals surface area contributed by atoms with Gasteiger partial charge in [0.2, 0.25) is 5.91 Å². The molecular formula is C14H15Cl2F2NO3. The molecule has 0 saturated heterocycles. The molecule has 0 atom stereocenters. The molecular weight excluding hydrogens is 339 g/mol. The second kappa shape index (κ2) is 6.38. The van der Waals surface area contributed by atoms with Crippen LogP contribution < -0.4 is 5.32 Å². The first-order chi connectivity index (χ1) is 9.89. The maximum atomic E-state index is 13.4. The van der Waals surface area contributed by atoms with Crippen molar-refractivity contribution in [1.82, 2.24) is 5.32 Å². The number of alkyl halides is 2. The SMILES string of the molecule is CC(F)(F)C(C)(C)C(=O)NCc1ccc(Cl)c(C(=O)O)c1Cl. The molecule has 0 aliphatic rings. The third-order valence-corrected chi connectivity index (χ3v) is 4.24. The standard InChI is InChI=1S/C14H15Cl2F2NO3/c1-13(2,14(3,17)18)12(22)19-6-7-4-5-8(15)9(10(7)16)11(20)21/h4-5H,6H2,1-3H3,(H,19,22)(H,20,21). The van der Waals surface area contributed by atoms with Crippen LogP contribution in [0.3, 0.4) is 0 Å². The van der Waals surface area contributed by atoms with Gasteiger partial charge in [0.15, 0.2) is 0 Å². The summed E-state index contributed by atoms with van der Waals surface area (Å²) < 4.78 is 26.8. The molecule has 0 aromatic heterocycles. The lowest BCUT2D eigenvalue weighted by Crippen LogP contribution is -2.47. The molecule has 0 radical (unpaired) electrons. The minimum Gasteiger partial charge on any atom is -0.478 e. The Morgan fingerprint density at radius 1 is 1.23 bits per heavy atom. The summed E-state index contributed by atoms with van der Waals surface area (Å²) in [5.74, 6) is -5.40. The molecule has 4 nitrogen and oxygen atoms in total. The Bertz CT molecular complexity index is 613. The molecule has 1 amide bonds. The number of halogens is 4. The van der Waals surface area contributed by atoms with Crippen molar-refractivity contribution >= 4 is 35.1 Å². The lowest BCUT2D eigenvalue weighted by Gasteiger charge is -2.29. The van der Waals surface area contributed by atoms with Crippen molar-refractivity contribution in [2.24, 2.45) is 5.41 Å². The summed E-state index contributed by atoms with van der Waals surface area (Å²) in [6, 6.07) is 2.74. The van der Waals surface area contributed by atoms with E-state index in [2.05, 4.69) is 5.32 Å². The van der Waals surface area contributed by atoms with Gasteiger partial charge in [0.1, 0.15) is 5.41 Å². The second-order valence-electron chi connectivity index (χ2n) is 5.40. The van der Waals surface area contributed by atoms with Gasteiger partial charge in [-0.25, -0.2) is 13.6 Å². The Morgan fingerprint density at radius 3 is 2.23 bits per heavy atom. The van der Waals surface area contributed by atoms with Gasteiger partial charge in [-0.15, -0.1) is 0 Å². The normalized spacial score (nSPS) is 12.1. The number of aromatic carboxylic acids is 1. The quantitative estimate of drug-likeness (QED) is 0.840. The van der Waals surface area contributed by atoms with Crippen LogP contribution in [0.25, 0.3) is 0 Å². The van der Waals surface area contributed by atoms with E-state index < -0.39 is 23.2 Å². The average Bonchev–Trinajstić information content (AvgIpc) is 2.35. The Kier molecular flexibility index (Phi) is 5.41. The smallest absolute Gasteiger partial charge is 0.338 e. The highest BCUT2D eigenvalue weighted by Gasteiger charge is 2.47.